The van der Waals surface area contributed by atoms with Crippen LogP contribution in [0.2, 0.25) is 0 Å². The Morgan fingerprint density at radius 2 is 1.47 bits per heavy atom. The van der Waals surface area contributed by atoms with Gasteiger partial charge < -0.3 is 24.3 Å². The van der Waals surface area contributed by atoms with Gasteiger partial charge in [0.1, 0.15) is 16.7 Å². The van der Waals surface area contributed by atoms with E-state index in [4.69, 9.17) is 18.9 Å². The number of benzene rings is 3. The fraction of sp³-hybridized carbons (Fsp3) is 0.259. The molecule has 0 aliphatic heterocycles. The lowest BCUT2D eigenvalue weighted by Crippen LogP contribution is -2.45. The number of carbonyl (C=O) groups is 2. The fourth-order valence-corrected chi connectivity index (χ4v) is 5.21. The summed E-state index contributed by atoms with van der Waals surface area (Å²) in [5, 5.41) is 2.65. The summed E-state index contributed by atoms with van der Waals surface area (Å²) in [6, 6.07) is 15.2. The summed E-state index contributed by atoms with van der Waals surface area (Å²) in [7, 11) is 1.17. The van der Waals surface area contributed by atoms with Crippen LogP contribution in [-0.2, 0) is 26.0 Å². The number of amides is 1. The minimum Gasteiger partial charge on any atom is -0.495 e. The zero-order valence-corrected chi connectivity index (χ0v) is 22.5. The minimum absolute atomic E-state index is 0.000159. The zero-order chi connectivity index (χ0) is 27.9. The second-order valence-corrected chi connectivity index (χ2v) is 9.93. The molecule has 11 heteroatoms. The number of anilines is 1. The highest BCUT2D eigenvalue weighted by Crippen LogP contribution is 2.34. The molecule has 0 heterocycles. The van der Waals surface area contributed by atoms with Gasteiger partial charge in [0.25, 0.3) is 0 Å². The van der Waals surface area contributed by atoms with Crippen LogP contribution in [0.15, 0.2) is 65.6 Å². The first-order valence-electron chi connectivity index (χ1n) is 11.5. The molecule has 38 heavy (non-hydrogen) atoms. The van der Waals surface area contributed by atoms with Crippen molar-refractivity contribution in [2.24, 2.45) is 0 Å². The molecule has 0 fully saturated rings. The minimum atomic E-state index is -4.21. The van der Waals surface area contributed by atoms with Gasteiger partial charge in [-0.25, -0.2) is 13.2 Å². The molecule has 3 aromatic rings. The molecule has 0 radical (unpaired) electrons. The van der Waals surface area contributed by atoms with E-state index in [1.807, 2.05) is 6.07 Å². The van der Waals surface area contributed by atoms with Crippen LogP contribution in [0.4, 0.5) is 5.69 Å². The van der Waals surface area contributed by atoms with Crippen molar-refractivity contribution in [3.8, 4) is 17.2 Å². The van der Waals surface area contributed by atoms with E-state index in [9.17, 15) is 18.0 Å². The Balaban J connectivity index is 2.03. The van der Waals surface area contributed by atoms with Crippen molar-refractivity contribution in [2.75, 3.05) is 33.8 Å². The predicted octanol–water partition coefficient (Wildman–Crippen LogP) is 3.34. The number of esters is 1. The second-order valence-electron chi connectivity index (χ2n) is 8.25. The first kappa shape index (κ1) is 28.5. The largest absolute Gasteiger partial charge is 0.495 e. The van der Waals surface area contributed by atoms with E-state index >= 15 is 0 Å². The number of aryl methyl sites for hydroxylation is 1. The van der Waals surface area contributed by atoms with E-state index in [0.717, 1.165) is 0 Å². The normalized spacial score (nSPS) is 11.8. The van der Waals surface area contributed by atoms with Crippen LogP contribution < -0.4 is 24.2 Å². The summed E-state index contributed by atoms with van der Waals surface area (Å²) in [6.07, 6.45) is 0.0287. The molecule has 1 atom stereocenters. The first-order chi connectivity index (χ1) is 18.1. The lowest BCUT2D eigenvalue weighted by molar-refractivity contribution is -0.117. The van der Waals surface area contributed by atoms with Gasteiger partial charge in [0.05, 0.1) is 39.7 Å². The van der Waals surface area contributed by atoms with Crippen molar-refractivity contribution in [3.05, 3.63) is 77.4 Å². The van der Waals surface area contributed by atoms with E-state index in [-0.39, 0.29) is 39.8 Å². The Hall–Kier alpha value is -4.09. The molecule has 0 saturated heterocycles. The highest BCUT2D eigenvalue weighted by atomic mass is 32.2. The smallest absolute Gasteiger partial charge is 0.340 e. The number of sulfonamides is 1. The fourth-order valence-electron chi connectivity index (χ4n) is 3.76. The molecule has 3 rings (SSSR count). The third kappa shape index (κ3) is 6.61. The van der Waals surface area contributed by atoms with Crippen molar-refractivity contribution in [3.63, 3.8) is 0 Å². The van der Waals surface area contributed by atoms with Crippen LogP contribution in [0.1, 0.15) is 21.5 Å². The van der Waals surface area contributed by atoms with Crippen LogP contribution >= 0.6 is 0 Å². The number of hydrogen-bond acceptors (Lipinski definition) is 8. The second kappa shape index (κ2) is 12.4. The number of hydrogen-bond donors (Lipinski definition) is 2. The molecule has 0 bridgehead atoms. The van der Waals surface area contributed by atoms with Crippen LogP contribution in [0.25, 0.3) is 0 Å². The molecule has 202 valence electrons. The van der Waals surface area contributed by atoms with Gasteiger partial charge in [0, 0.05) is 12.1 Å². The van der Waals surface area contributed by atoms with Crippen LogP contribution in [-0.4, -0.2) is 54.8 Å². The highest BCUT2D eigenvalue weighted by molar-refractivity contribution is 7.89. The molecular weight excluding hydrogens is 512 g/mol. The van der Waals surface area contributed by atoms with E-state index in [2.05, 4.69) is 10.0 Å². The molecule has 0 spiro atoms. The average Bonchev–Trinajstić information content (AvgIpc) is 2.92. The van der Waals surface area contributed by atoms with E-state index in [1.165, 1.54) is 46.6 Å². The Morgan fingerprint density at radius 1 is 0.842 bits per heavy atom. The van der Waals surface area contributed by atoms with Crippen molar-refractivity contribution < 1.29 is 37.0 Å². The summed E-state index contributed by atoms with van der Waals surface area (Å²) in [4.78, 5) is 25.9. The van der Waals surface area contributed by atoms with E-state index < -0.39 is 27.9 Å². The summed E-state index contributed by atoms with van der Waals surface area (Å²) < 4.78 is 50.1. The molecule has 0 aromatic heterocycles. The molecule has 0 saturated carbocycles. The standard InChI is InChI=1S/C27H30N2O8S/c1-17-11-12-22(34-2)25(13-17)38(32,33)29-21(14-18-9-7-6-8-10-18)26(30)28-20-16-24(36-4)23(35-3)15-19(20)27(31)37-5/h6-13,15-16,21,29H,14H2,1-5H3,(H,28,30)/t21-/m0/s1. The maximum Gasteiger partial charge on any atom is 0.340 e. The average molecular weight is 543 g/mol. The molecule has 0 aliphatic rings. The van der Waals surface area contributed by atoms with Gasteiger partial charge in [0.2, 0.25) is 15.9 Å². The van der Waals surface area contributed by atoms with Crippen molar-refractivity contribution in [1.29, 1.82) is 0 Å². The van der Waals surface area contributed by atoms with Gasteiger partial charge in [-0.1, -0.05) is 36.4 Å². The van der Waals surface area contributed by atoms with Gasteiger partial charge >= 0.3 is 5.97 Å². The summed E-state index contributed by atoms with van der Waals surface area (Å²) in [5.74, 6) is -0.804. The maximum absolute atomic E-state index is 13.6. The molecule has 0 aliphatic carbocycles. The first-order valence-corrected chi connectivity index (χ1v) is 13.0. The zero-order valence-electron chi connectivity index (χ0n) is 21.7. The Morgan fingerprint density at radius 3 is 2.08 bits per heavy atom. The highest BCUT2D eigenvalue weighted by Gasteiger charge is 2.30. The summed E-state index contributed by atoms with van der Waals surface area (Å²) in [5.41, 5.74) is 1.47. The molecular formula is C27H30N2O8S. The Bertz CT molecular complexity index is 1410. The van der Waals surface area contributed by atoms with Crippen molar-refractivity contribution >= 4 is 27.6 Å². The maximum atomic E-state index is 13.6. The van der Waals surface area contributed by atoms with Crippen molar-refractivity contribution in [1.82, 2.24) is 4.72 Å². The number of nitrogens with one attached hydrogen (secondary N) is 2. The van der Waals surface area contributed by atoms with Gasteiger partial charge in [-0.3, -0.25) is 4.79 Å². The summed E-state index contributed by atoms with van der Waals surface area (Å²) >= 11 is 0. The lowest BCUT2D eigenvalue weighted by atomic mass is 10.1. The monoisotopic (exact) mass is 542 g/mol. The third-order valence-electron chi connectivity index (χ3n) is 5.69. The van der Waals surface area contributed by atoms with Gasteiger partial charge in [-0.05, 0) is 36.6 Å². The van der Waals surface area contributed by atoms with Crippen LogP contribution in [0.5, 0.6) is 17.2 Å². The molecule has 10 nitrogen and oxygen atoms in total. The number of rotatable bonds is 11. The quantitative estimate of drug-likeness (QED) is 0.353. The number of ether oxygens (including phenoxy) is 4. The van der Waals surface area contributed by atoms with Crippen molar-refractivity contribution in [2.45, 2.75) is 24.3 Å². The topological polar surface area (TPSA) is 129 Å². The molecule has 2 N–H and O–H groups in total. The Kier molecular flexibility index (Phi) is 9.32. The third-order valence-corrected chi connectivity index (χ3v) is 7.18. The van der Waals surface area contributed by atoms with Crippen LogP contribution in [0, 0.1) is 6.92 Å². The van der Waals surface area contributed by atoms with E-state index in [0.29, 0.717) is 11.1 Å². The van der Waals surface area contributed by atoms with Gasteiger partial charge in [0.15, 0.2) is 11.5 Å². The predicted molar refractivity (Wildman–Crippen MR) is 142 cm³/mol. The van der Waals surface area contributed by atoms with E-state index in [1.54, 1.807) is 43.3 Å². The lowest BCUT2D eigenvalue weighted by Gasteiger charge is -2.21. The Labute approximate surface area is 221 Å². The number of methoxy groups -OCH3 is 4. The number of carbonyl (C=O) groups excluding carboxylic acids is 2. The van der Waals surface area contributed by atoms with Crippen LogP contribution in [0.3, 0.4) is 0 Å². The van der Waals surface area contributed by atoms with Gasteiger partial charge in [-0.2, -0.15) is 4.72 Å². The molecule has 3 aromatic carbocycles. The summed E-state index contributed by atoms with van der Waals surface area (Å²) in [6.45, 7) is 1.75. The molecule has 1 amide bonds. The van der Waals surface area contributed by atoms with Gasteiger partial charge in [-0.15, -0.1) is 0 Å². The SMILES string of the molecule is COC(=O)c1cc(OC)c(OC)cc1NC(=O)[C@H](Cc1ccccc1)NS(=O)(=O)c1cc(C)ccc1OC. The molecule has 0 unspecified atom stereocenters.